The van der Waals surface area contributed by atoms with E-state index >= 15 is 0 Å². The molecule has 0 unspecified atom stereocenters. The second-order valence-corrected chi connectivity index (χ2v) is 7.07. The van der Waals surface area contributed by atoms with E-state index in [4.69, 9.17) is 5.73 Å². The van der Waals surface area contributed by atoms with Crippen LogP contribution in [0.25, 0.3) is 0 Å². The third-order valence-electron chi connectivity index (χ3n) is 6.03. The standard InChI is InChI=1S/C17H32N2O/c1-3-17(4-2)9-11-19(12-10-17)16(20)13-14-5-7-15(18)8-6-14/h14-15H,3-13,18H2,1-2H3. The van der Waals surface area contributed by atoms with Gasteiger partial charge in [-0.05, 0) is 49.9 Å². The number of carbonyl (C=O) groups excluding carboxylic acids is 1. The van der Waals surface area contributed by atoms with Gasteiger partial charge >= 0.3 is 0 Å². The number of likely N-dealkylation sites (tertiary alicyclic amines) is 1. The molecular weight excluding hydrogens is 248 g/mol. The minimum atomic E-state index is 0.381. The Morgan fingerprint density at radius 1 is 1.10 bits per heavy atom. The Labute approximate surface area is 124 Å². The molecule has 1 heterocycles. The molecule has 3 heteroatoms. The molecule has 2 fully saturated rings. The molecule has 1 aliphatic carbocycles. The van der Waals surface area contributed by atoms with Gasteiger partial charge in [0.15, 0.2) is 0 Å². The van der Waals surface area contributed by atoms with Crippen molar-refractivity contribution in [2.24, 2.45) is 17.1 Å². The maximum Gasteiger partial charge on any atom is 0.222 e. The minimum absolute atomic E-state index is 0.381. The first-order valence-corrected chi connectivity index (χ1v) is 8.62. The summed E-state index contributed by atoms with van der Waals surface area (Å²) in [4.78, 5) is 14.6. The summed E-state index contributed by atoms with van der Waals surface area (Å²) in [7, 11) is 0. The number of piperidine rings is 1. The van der Waals surface area contributed by atoms with E-state index in [2.05, 4.69) is 18.7 Å². The average Bonchev–Trinajstić information content (AvgIpc) is 2.49. The molecule has 1 saturated heterocycles. The summed E-state index contributed by atoms with van der Waals surface area (Å²) >= 11 is 0. The highest BCUT2D eigenvalue weighted by Gasteiger charge is 2.33. The van der Waals surface area contributed by atoms with Gasteiger partial charge in [0.2, 0.25) is 5.91 Å². The van der Waals surface area contributed by atoms with Gasteiger partial charge in [-0.2, -0.15) is 0 Å². The summed E-state index contributed by atoms with van der Waals surface area (Å²) in [5, 5.41) is 0. The predicted molar refractivity (Wildman–Crippen MR) is 83.4 cm³/mol. The molecule has 0 radical (unpaired) electrons. The maximum atomic E-state index is 12.4. The lowest BCUT2D eigenvalue weighted by Gasteiger charge is -2.41. The first kappa shape index (κ1) is 15.8. The first-order chi connectivity index (χ1) is 9.58. The van der Waals surface area contributed by atoms with E-state index in [1.54, 1.807) is 0 Å². The number of rotatable bonds is 4. The molecule has 0 aromatic heterocycles. The summed E-state index contributed by atoms with van der Waals surface area (Å²) in [5.41, 5.74) is 6.44. The molecule has 0 aromatic carbocycles. The monoisotopic (exact) mass is 280 g/mol. The van der Waals surface area contributed by atoms with E-state index in [9.17, 15) is 4.79 Å². The van der Waals surface area contributed by atoms with Gasteiger partial charge in [0.05, 0.1) is 0 Å². The molecule has 0 bridgehead atoms. The topological polar surface area (TPSA) is 46.3 Å². The Kier molecular flexibility index (Phi) is 5.48. The number of carbonyl (C=O) groups is 1. The fourth-order valence-electron chi connectivity index (χ4n) is 3.96. The Morgan fingerprint density at radius 2 is 1.65 bits per heavy atom. The Balaban J connectivity index is 1.77. The zero-order chi connectivity index (χ0) is 14.6. The summed E-state index contributed by atoms with van der Waals surface area (Å²) in [5.74, 6) is 0.984. The van der Waals surface area contributed by atoms with Crippen LogP contribution in [0.2, 0.25) is 0 Å². The quantitative estimate of drug-likeness (QED) is 0.858. The molecule has 2 N–H and O–H groups in total. The van der Waals surface area contributed by atoms with Gasteiger partial charge in [0, 0.05) is 25.6 Å². The normalized spacial score (nSPS) is 30.2. The van der Waals surface area contributed by atoms with Crippen molar-refractivity contribution in [1.82, 2.24) is 4.90 Å². The minimum Gasteiger partial charge on any atom is -0.343 e. The van der Waals surface area contributed by atoms with Crippen LogP contribution in [-0.4, -0.2) is 29.9 Å². The first-order valence-electron chi connectivity index (χ1n) is 8.62. The van der Waals surface area contributed by atoms with Crippen molar-refractivity contribution in [3.05, 3.63) is 0 Å². The highest BCUT2D eigenvalue weighted by atomic mass is 16.2. The molecule has 2 aliphatic rings. The van der Waals surface area contributed by atoms with Crippen LogP contribution in [0.1, 0.15) is 71.6 Å². The largest absolute Gasteiger partial charge is 0.343 e. The van der Waals surface area contributed by atoms with E-state index in [0.717, 1.165) is 45.2 Å². The second-order valence-electron chi connectivity index (χ2n) is 7.07. The summed E-state index contributed by atoms with van der Waals surface area (Å²) in [6, 6.07) is 0.381. The molecular formula is C17H32N2O. The molecule has 3 nitrogen and oxygen atoms in total. The second kappa shape index (κ2) is 6.93. The van der Waals surface area contributed by atoms with Crippen molar-refractivity contribution in [3.8, 4) is 0 Å². The van der Waals surface area contributed by atoms with Gasteiger partial charge in [-0.15, -0.1) is 0 Å². The summed E-state index contributed by atoms with van der Waals surface area (Å²) in [6.07, 6.45) is 10.2. The zero-order valence-corrected chi connectivity index (χ0v) is 13.4. The van der Waals surface area contributed by atoms with Crippen LogP contribution in [0.5, 0.6) is 0 Å². The van der Waals surface area contributed by atoms with Gasteiger partial charge in [-0.25, -0.2) is 0 Å². The van der Waals surface area contributed by atoms with E-state index in [1.165, 1.54) is 25.7 Å². The van der Waals surface area contributed by atoms with Crippen molar-refractivity contribution >= 4 is 5.91 Å². The summed E-state index contributed by atoms with van der Waals surface area (Å²) < 4.78 is 0. The van der Waals surface area contributed by atoms with Crippen molar-refractivity contribution in [2.75, 3.05) is 13.1 Å². The Morgan fingerprint density at radius 3 is 2.15 bits per heavy atom. The highest BCUT2D eigenvalue weighted by Crippen LogP contribution is 2.38. The fraction of sp³-hybridized carbons (Fsp3) is 0.941. The lowest BCUT2D eigenvalue weighted by molar-refractivity contribution is -0.135. The van der Waals surface area contributed by atoms with Gasteiger partial charge < -0.3 is 10.6 Å². The Hall–Kier alpha value is -0.570. The SMILES string of the molecule is CCC1(CC)CCN(C(=O)CC2CCC(N)CC2)CC1. The van der Waals surface area contributed by atoms with E-state index < -0.39 is 0 Å². The number of hydrogen-bond acceptors (Lipinski definition) is 2. The van der Waals surface area contributed by atoms with Gasteiger partial charge in [-0.3, -0.25) is 4.79 Å². The van der Waals surface area contributed by atoms with Crippen molar-refractivity contribution in [1.29, 1.82) is 0 Å². The number of hydrogen-bond donors (Lipinski definition) is 1. The lowest BCUT2D eigenvalue weighted by atomic mass is 9.74. The number of nitrogens with zero attached hydrogens (tertiary/aromatic N) is 1. The van der Waals surface area contributed by atoms with Gasteiger partial charge in [-0.1, -0.05) is 26.7 Å². The molecule has 1 aliphatic heterocycles. The molecule has 116 valence electrons. The molecule has 0 spiro atoms. The van der Waals surface area contributed by atoms with Crippen LogP contribution in [0.3, 0.4) is 0 Å². The van der Waals surface area contributed by atoms with Gasteiger partial charge in [0.25, 0.3) is 0 Å². The molecule has 20 heavy (non-hydrogen) atoms. The predicted octanol–water partition coefficient (Wildman–Crippen LogP) is 3.32. The third kappa shape index (κ3) is 3.75. The van der Waals surface area contributed by atoms with Crippen molar-refractivity contribution in [2.45, 2.75) is 77.7 Å². The number of amides is 1. The van der Waals surface area contributed by atoms with Crippen LogP contribution in [0.15, 0.2) is 0 Å². The fourth-order valence-corrected chi connectivity index (χ4v) is 3.96. The smallest absolute Gasteiger partial charge is 0.222 e. The van der Waals surface area contributed by atoms with E-state index in [0.29, 0.717) is 23.3 Å². The van der Waals surface area contributed by atoms with Crippen molar-refractivity contribution in [3.63, 3.8) is 0 Å². The zero-order valence-electron chi connectivity index (χ0n) is 13.4. The lowest BCUT2D eigenvalue weighted by Crippen LogP contribution is -2.43. The molecule has 1 saturated carbocycles. The molecule has 0 aromatic rings. The van der Waals surface area contributed by atoms with Crippen molar-refractivity contribution < 1.29 is 4.79 Å². The molecule has 0 atom stereocenters. The van der Waals surface area contributed by atoms with Gasteiger partial charge in [0.1, 0.15) is 0 Å². The van der Waals surface area contributed by atoms with Crippen LogP contribution in [-0.2, 0) is 4.79 Å². The van der Waals surface area contributed by atoms with Crippen LogP contribution >= 0.6 is 0 Å². The Bertz CT molecular complexity index is 307. The average molecular weight is 280 g/mol. The molecule has 1 amide bonds. The maximum absolute atomic E-state index is 12.4. The van der Waals surface area contributed by atoms with Crippen LogP contribution < -0.4 is 5.73 Å². The van der Waals surface area contributed by atoms with Crippen LogP contribution in [0, 0.1) is 11.3 Å². The molecule has 2 rings (SSSR count). The van der Waals surface area contributed by atoms with Crippen LogP contribution in [0.4, 0.5) is 0 Å². The van der Waals surface area contributed by atoms with E-state index in [1.807, 2.05) is 0 Å². The van der Waals surface area contributed by atoms with E-state index in [-0.39, 0.29) is 0 Å². The third-order valence-corrected chi connectivity index (χ3v) is 6.03. The number of nitrogens with two attached hydrogens (primary N) is 1. The highest BCUT2D eigenvalue weighted by molar-refractivity contribution is 5.76. The summed E-state index contributed by atoms with van der Waals surface area (Å²) in [6.45, 7) is 6.55.